The second-order valence-electron chi connectivity index (χ2n) is 8.86. The van der Waals surface area contributed by atoms with E-state index in [1.54, 1.807) is 0 Å². The maximum atomic E-state index is 11.7. The topological polar surface area (TPSA) is 71.7 Å². The first-order valence-corrected chi connectivity index (χ1v) is 15.7. The van der Waals surface area contributed by atoms with Crippen molar-refractivity contribution in [3.63, 3.8) is 0 Å². The third-order valence-corrected chi connectivity index (χ3v) is 8.34. The maximum Gasteiger partial charge on any atom is 0.333 e. The van der Waals surface area contributed by atoms with E-state index in [0.717, 1.165) is 24.0 Å². The molecule has 0 fully saturated rings. The van der Waals surface area contributed by atoms with Crippen LogP contribution in [0.15, 0.2) is 12.1 Å². The molecule has 0 aliphatic rings. The Balaban J connectivity index is 1.74. The Morgan fingerprint density at radius 3 is 1.55 bits per heavy atom. The summed E-state index contributed by atoms with van der Waals surface area (Å²) in [4.78, 5) is 16.7. The predicted molar refractivity (Wildman–Crippen MR) is 143 cm³/mol. The molecule has 1 aromatic rings. The molecule has 0 aliphatic carbocycles. The van der Waals surface area contributed by atoms with E-state index in [0.29, 0.717) is 6.42 Å². The second kappa shape index (κ2) is 21.6. The number of rotatable bonds is 23. The zero-order valence-electron chi connectivity index (χ0n) is 20.8. The summed E-state index contributed by atoms with van der Waals surface area (Å²) in [5.74, 6) is 1.58. The molecular weight excluding hydrogens is 454 g/mol. The van der Waals surface area contributed by atoms with Gasteiger partial charge < -0.3 is 15.1 Å². The van der Waals surface area contributed by atoms with Gasteiger partial charge in [0.1, 0.15) is 0 Å². The highest BCUT2D eigenvalue weighted by atomic mass is 33.1. The van der Waals surface area contributed by atoms with Gasteiger partial charge in [0.15, 0.2) is 0 Å². The molecule has 0 saturated carbocycles. The summed E-state index contributed by atoms with van der Waals surface area (Å²) in [6.45, 7) is 2.28. The molecule has 0 unspecified atom stereocenters. The Morgan fingerprint density at radius 2 is 1.09 bits per heavy atom. The van der Waals surface area contributed by atoms with E-state index < -0.39 is 5.97 Å². The average molecular weight is 502 g/mol. The molecule has 7 heteroatoms. The molecule has 1 rings (SSSR count). The first kappa shape index (κ1) is 30.1. The molecular formula is C26H47NO4S2. The molecule has 192 valence electrons. The Morgan fingerprint density at radius 1 is 0.697 bits per heavy atom. The van der Waals surface area contributed by atoms with Crippen LogP contribution in [-0.2, 0) is 4.79 Å². The van der Waals surface area contributed by atoms with Crippen molar-refractivity contribution in [3.8, 4) is 11.8 Å². The molecule has 1 aromatic heterocycles. The number of aromatic hydroxyl groups is 2. The number of hydrogen-bond donors (Lipinski definition) is 2. The monoisotopic (exact) mass is 501 g/mol. The molecule has 0 atom stereocenters. The van der Waals surface area contributed by atoms with Crippen molar-refractivity contribution in [2.45, 2.75) is 122 Å². The van der Waals surface area contributed by atoms with E-state index in [-0.39, 0.29) is 11.8 Å². The van der Waals surface area contributed by atoms with Gasteiger partial charge in [0, 0.05) is 30.1 Å². The number of nitrogens with zero attached hydrogens (tertiary/aromatic N) is 1. The predicted octanol–water partition coefficient (Wildman–Crippen LogP) is 8.28. The van der Waals surface area contributed by atoms with Crippen LogP contribution in [0.2, 0.25) is 0 Å². The summed E-state index contributed by atoms with van der Waals surface area (Å²) in [7, 11) is 4.11. The van der Waals surface area contributed by atoms with E-state index in [9.17, 15) is 15.0 Å². The van der Waals surface area contributed by atoms with Crippen molar-refractivity contribution >= 4 is 27.6 Å². The molecule has 0 amide bonds. The molecule has 0 bridgehead atoms. The lowest BCUT2D eigenvalue weighted by Crippen LogP contribution is -2.18. The molecule has 0 aliphatic heterocycles. The summed E-state index contributed by atoms with van der Waals surface area (Å²) in [6, 6.07) is 2.55. The molecule has 0 saturated heterocycles. The van der Waals surface area contributed by atoms with Crippen molar-refractivity contribution in [1.82, 2.24) is 4.73 Å². The third kappa shape index (κ3) is 17.2. The fourth-order valence-corrected chi connectivity index (χ4v) is 6.02. The van der Waals surface area contributed by atoms with Crippen molar-refractivity contribution < 1.29 is 19.8 Å². The molecule has 33 heavy (non-hydrogen) atoms. The van der Waals surface area contributed by atoms with Gasteiger partial charge in [-0.1, -0.05) is 118 Å². The SMILES string of the molecule is CCCCCCCCCCCSSCCCCCCCCCCC(=O)On1c(O)ccc1O. The zero-order chi connectivity index (χ0) is 24.0. The normalized spacial score (nSPS) is 11.2. The number of carbonyl (C=O) groups excluding carboxylic acids is 1. The quantitative estimate of drug-likeness (QED) is 0.116. The van der Waals surface area contributed by atoms with E-state index in [1.807, 2.05) is 0 Å². The van der Waals surface area contributed by atoms with E-state index in [4.69, 9.17) is 4.84 Å². The Bertz CT molecular complexity index is 575. The summed E-state index contributed by atoms with van der Waals surface area (Å²) in [5, 5.41) is 18.9. The van der Waals surface area contributed by atoms with Gasteiger partial charge in [0.25, 0.3) is 0 Å². The van der Waals surface area contributed by atoms with Crippen LogP contribution in [0, 0.1) is 0 Å². The minimum Gasteiger partial charge on any atom is -0.492 e. The number of aromatic nitrogens is 1. The van der Waals surface area contributed by atoms with Crippen molar-refractivity contribution in [1.29, 1.82) is 0 Å². The third-order valence-electron chi connectivity index (χ3n) is 5.76. The van der Waals surface area contributed by atoms with Gasteiger partial charge in [-0.05, 0) is 19.3 Å². The summed E-state index contributed by atoms with van der Waals surface area (Å²) < 4.78 is 0.746. The zero-order valence-corrected chi connectivity index (χ0v) is 22.4. The van der Waals surface area contributed by atoms with Crippen LogP contribution in [0.4, 0.5) is 0 Å². The lowest BCUT2D eigenvalue weighted by atomic mass is 10.1. The lowest BCUT2D eigenvalue weighted by molar-refractivity contribution is -0.145. The fraction of sp³-hybridized carbons (Fsp3) is 0.808. The molecule has 5 nitrogen and oxygen atoms in total. The van der Waals surface area contributed by atoms with E-state index >= 15 is 0 Å². The standard InChI is InChI=1S/C26H47NO4S2/c1-2-3-4-5-6-8-11-14-17-22-32-33-23-18-15-12-9-7-10-13-16-19-26(30)31-27-24(28)20-21-25(27)29/h20-21,28-29H,2-19,22-23H2,1H3. The van der Waals surface area contributed by atoms with Crippen LogP contribution in [0.25, 0.3) is 0 Å². The van der Waals surface area contributed by atoms with Gasteiger partial charge in [0.2, 0.25) is 11.8 Å². The smallest absolute Gasteiger partial charge is 0.333 e. The van der Waals surface area contributed by atoms with Crippen LogP contribution >= 0.6 is 21.6 Å². The minimum absolute atomic E-state index is 0.281. The van der Waals surface area contributed by atoms with Crippen LogP contribution in [0.5, 0.6) is 11.8 Å². The Hall–Kier alpha value is -0.950. The van der Waals surface area contributed by atoms with Gasteiger partial charge in [-0.2, -0.15) is 0 Å². The molecule has 1 heterocycles. The van der Waals surface area contributed by atoms with Crippen LogP contribution in [0.1, 0.15) is 122 Å². The van der Waals surface area contributed by atoms with E-state index in [2.05, 4.69) is 28.5 Å². The maximum absolute atomic E-state index is 11.7. The summed E-state index contributed by atoms with van der Waals surface area (Å²) in [5.41, 5.74) is 0. The first-order chi connectivity index (χ1) is 16.1. The Labute approximate surface area is 209 Å². The highest BCUT2D eigenvalue weighted by molar-refractivity contribution is 8.76. The first-order valence-electron chi connectivity index (χ1n) is 13.2. The summed E-state index contributed by atoms with van der Waals surface area (Å²) >= 11 is 0. The van der Waals surface area contributed by atoms with Crippen molar-refractivity contribution in [2.75, 3.05) is 11.5 Å². The van der Waals surface area contributed by atoms with Gasteiger partial charge >= 0.3 is 5.97 Å². The summed E-state index contributed by atoms with van der Waals surface area (Å²) in [6.07, 6.45) is 22.3. The number of hydrogen-bond acceptors (Lipinski definition) is 6. The van der Waals surface area contributed by atoms with Gasteiger partial charge in [-0.25, -0.2) is 4.79 Å². The Kier molecular flexibility index (Phi) is 19.7. The molecule has 0 radical (unpaired) electrons. The average Bonchev–Trinajstić information content (AvgIpc) is 3.12. The molecule has 2 N–H and O–H groups in total. The molecule has 0 spiro atoms. The second-order valence-corrected chi connectivity index (χ2v) is 11.6. The van der Waals surface area contributed by atoms with Gasteiger partial charge in [-0.3, -0.25) is 0 Å². The van der Waals surface area contributed by atoms with Crippen LogP contribution in [-0.4, -0.2) is 32.4 Å². The van der Waals surface area contributed by atoms with Gasteiger partial charge in [0.05, 0.1) is 0 Å². The molecule has 0 aromatic carbocycles. The highest BCUT2D eigenvalue weighted by Gasteiger charge is 2.11. The van der Waals surface area contributed by atoms with Gasteiger partial charge in [-0.15, -0.1) is 4.73 Å². The number of carbonyl (C=O) groups is 1. The van der Waals surface area contributed by atoms with Crippen molar-refractivity contribution in [3.05, 3.63) is 12.1 Å². The number of unbranched alkanes of at least 4 members (excludes halogenated alkanes) is 15. The fourth-order valence-electron chi connectivity index (χ4n) is 3.72. The van der Waals surface area contributed by atoms with Crippen molar-refractivity contribution in [2.24, 2.45) is 0 Å². The largest absolute Gasteiger partial charge is 0.492 e. The van der Waals surface area contributed by atoms with E-state index in [1.165, 1.54) is 114 Å². The lowest BCUT2D eigenvalue weighted by Gasteiger charge is -2.06. The minimum atomic E-state index is -0.440. The van der Waals surface area contributed by atoms with Crippen LogP contribution < -0.4 is 4.84 Å². The highest BCUT2D eigenvalue weighted by Crippen LogP contribution is 2.25. The van der Waals surface area contributed by atoms with Crippen LogP contribution in [0.3, 0.4) is 0 Å².